The average Bonchev–Trinajstić information content (AvgIpc) is 2.36. The van der Waals surface area contributed by atoms with E-state index in [1.807, 2.05) is 4.72 Å². The van der Waals surface area contributed by atoms with E-state index in [4.69, 9.17) is 10.5 Å². The van der Waals surface area contributed by atoms with Crippen molar-refractivity contribution in [1.82, 2.24) is 10.0 Å². The summed E-state index contributed by atoms with van der Waals surface area (Å²) in [7, 11) is -2.72. The van der Waals surface area contributed by atoms with Gasteiger partial charge in [0.05, 0.1) is 18.8 Å². The fraction of sp³-hybridized carbons (Fsp3) is 0.364. The maximum atomic E-state index is 13.5. The van der Waals surface area contributed by atoms with E-state index in [1.54, 1.807) is 0 Å². The van der Waals surface area contributed by atoms with Gasteiger partial charge in [0.15, 0.2) is 0 Å². The zero-order chi connectivity index (χ0) is 15.2. The summed E-state index contributed by atoms with van der Waals surface area (Å²) in [6.45, 7) is 0.0392. The van der Waals surface area contributed by atoms with Crippen LogP contribution in [0, 0.1) is 5.82 Å². The van der Waals surface area contributed by atoms with Gasteiger partial charge in [-0.15, -0.1) is 0 Å². The van der Waals surface area contributed by atoms with Gasteiger partial charge in [0.1, 0.15) is 10.7 Å². The Bertz CT molecular complexity index is 557. The zero-order valence-electron chi connectivity index (χ0n) is 10.8. The first-order valence-electron chi connectivity index (χ1n) is 5.67. The molecule has 0 saturated carbocycles. The first-order valence-corrected chi connectivity index (χ1v) is 7.16. The number of hydrogen-bond acceptors (Lipinski definition) is 5. The third kappa shape index (κ3) is 4.44. The predicted molar refractivity (Wildman–Crippen MR) is 70.9 cm³/mol. The van der Waals surface area contributed by atoms with Gasteiger partial charge in [0.2, 0.25) is 15.9 Å². The van der Waals surface area contributed by atoms with Crippen molar-refractivity contribution in [3.63, 3.8) is 0 Å². The Morgan fingerprint density at radius 3 is 2.75 bits per heavy atom. The van der Waals surface area contributed by atoms with Crippen molar-refractivity contribution >= 4 is 21.6 Å². The minimum Gasteiger partial charge on any atom is -0.398 e. The fourth-order valence-corrected chi connectivity index (χ4v) is 2.57. The number of sulfonamides is 1. The van der Waals surface area contributed by atoms with E-state index in [2.05, 4.69) is 5.32 Å². The molecular weight excluding hydrogens is 289 g/mol. The summed E-state index contributed by atoms with van der Waals surface area (Å²) >= 11 is 0. The van der Waals surface area contributed by atoms with Crippen LogP contribution in [-0.4, -0.2) is 41.1 Å². The fourth-order valence-electron chi connectivity index (χ4n) is 1.40. The van der Waals surface area contributed by atoms with Crippen LogP contribution in [0.15, 0.2) is 23.1 Å². The number of methoxy groups -OCH3 is 1. The molecule has 0 atom stereocenters. The predicted octanol–water partition coefficient (Wildman–Crippen LogP) is -0.551. The van der Waals surface area contributed by atoms with Gasteiger partial charge in [-0.1, -0.05) is 6.07 Å². The largest absolute Gasteiger partial charge is 0.398 e. The molecule has 1 amide bonds. The van der Waals surface area contributed by atoms with Crippen LogP contribution < -0.4 is 15.8 Å². The van der Waals surface area contributed by atoms with Crippen LogP contribution in [0.2, 0.25) is 0 Å². The molecule has 4 N–H and O–H groups in total. The van der Waals surface area contributed by atoms with E-state index >= 15 is 0 Å². The van der Waals surface area contributed by atoms with E-state index in [-0.39, 0.29) is 12.2 Å². The molecule has 0 aliphatic carbocycles. The van der Waals surface area contributed by atoms with Crippen molar-refractivity contribution in [3.05, 3.63) is 24.0 Å². The molecule has 0 bridgehead atoms. The average molecular weight is 305 g/mol. The molecule has 112 valence electrons. The van der Waals surface area contributed by atoms with E-state index in [0.29, 0.717) is 6.61 Å². The number of nitrogens with one attached hydrogen (secondary N) is 2. The van der Waals surface area contributed by atoms with Crippen molar-refractivity contribution in [2.75, 3.05) is 32.5 Å². The highest BCUT2D eigenvalue weighted by Crippen LogP contribution is 2.20. The zero-order valence-corrected chi connectivity index (χ0v) is 11.7. The number of benzene rings is 1. The van der Waals surface area contributed by atoms with Gasteiger partial charge >= 0.3 is 0 Å². The Morgan fingerprint density at radius 1 is 1.45 bits per heavy atom. The van der Waals surface area contributed by atoms with Gasteiger partial charge in [-0.25, -0.2) is 17.5 Å². The number of nitrogens with two attached hydrogens (primary N) is 1. The lowest BCUT2D eigenvalue weighted by Gasteiger charge is -2.10. The molecule has 1 aromatic rings. The van der Waals surface area contributed by atoms with Crippen molar-refractivity contribution in [2.24, 2.45) is 0 Å². The van der Waals surface area contributed by atoms with E-state index in [0.717, 1.165) is 6.07 Å². The second-order valence-corrected chi connectivity index (χ2v) is 5.53. The van der Waals surface area contributed by atoms with Crippen molar-refractivity contribution in [2.45, 2.75) is 4.90 Å². The molecule has 0 aromatic heterocycles. The van der Waals surface area contributed by atoms with Gasteiger partial charge < -0.3 is 15.8 Å². The number of rotatable bonds is 7. The molecule has 0 spiro atoms. The Balaban J connectivity index is 2.69. The van der Waals surface area contributed by atoms with E-state index < -0.39 is 33.2 Å². The molecule has 0 unspecified atom stereocenters. The molecule has 7 nitrogen and oxygen atoms in total. The SMILES string of the molecule is COCCNC(=O)CNS(=O)(=O)c1c(N)cccc1F. The number of carbonyl (C=O) groups is 1. The van der Waals surface area contributed by atoms with E-state index in [9.17, 15) is 17.6 Å². The van der Waals surface area contributed by atoms with Crippen molar-refractivity contribution < 1.29 is 22.3 Å². The topological polar surface area (TPSA) is 111 Å². The maximum Gasteiger partial charge on any atom is 0.246 e. The van der Waals surface area contributed by atoms with Gasteiger partial charge in [-0.05, 0) is 12.1 Å². The number of carbonyl (C=O) groups excluding carboxylic acids is 1. The Morgan fingerprint density at radius 2 is 2.15 bits per heavy atom. The smallest absolute Gasteiger partial charge is 0.246 e. The van der Waals surface area contributed by atoms with Gasteiger partial charge in [0.25, 0.3) is 0 Å². The molecule has 0 fully saturated rings. The molecule has 1 rings (SSSR count). The summed E-state index contributed by atoms with van der Waals surface area (Å²) in [6, 6.07) is 3.53. The van der Waals surface area contributed by atoms with E-state index in [1.165, 1.54) is 19.2 Å². The molecule has 0 aliphatic heterocycles. The summed E-state index contributed by atoms with van der Waals surface area (Å²) < 4.78 is 43.9. The standard InChI is InChI=1S/C11H16FN3O4S/c1-19-6-5-14-10(16)7-15-20(17,18)11-8(12)3-2-4-9(11)13/h2-4,15H,5-7,13H2,1H3,(H,14,16). The number of ether oxygens (including phenoxy) is 1. The quantitative estimate of drug-likeness (QED) is 0.462. The van der Waals surface area contributed by atoms with Crippen LogP contribution in [0.5, 0.6) is 0 Å². The third-order valence-corrected chi connectivity index (χ3v) is 3.81. The highest BCUT2D eigenvalue weighted by Gasteiger charge is 2.22. The van der Waals surface area contributed by atoms with Crippen LogP contribution >= 0.6 is 0 Å². The lowest BCUT2D eigenvalue weighted by Crippen LogP contribution is -2.38. The lowest BCUT2D eigenvalue weighted by atomic mass is 10.3. The second-order valence-electron chi connectivity index (χ2n) is 3.83. The number of hydrogen-bond donors (Lipinski definition) is 3. The molecule has 0 radical (unpaired) electrons. The normalized spacial score (nSPS) is 11.3. The Kier molecular flexibility index (Phi) is 5.86. The lowest BCUT2D eigenvalue weighted by molar-refractivity contribution is -0.120. The number of halogens is 1. The van der Waals surface area contributed by atoms with Crippen molar-refractivity contribution in [3.8, 4) is 0 Å². The second kappa shape index (κ2) is 7.17. The number of anilines is 1. The molecule has 9 heteroatoms. The summed E-state index contributed by atoms with van der Waals surface area (Å²) in [6.07, 6.45) is 0. The molecular formula is C11H16FN3O4S. The van der Waals surface area contributed by atoms with Gasteiger partial charge in [-0.3, -0.25) is 4.79 Å². The highest BCUT2D eigenvalue weighted by atomic mass is 32.2. The first-order chi connectivity index (χ1) is 9.38. The Hall–Kier alpha value is -1.71. The Labute approximate surface area is 116 Å². The first kappa shape index (κ1) is 16.3. The third-order valence-electron chi connectivity index (χ3n) is 2.32. The molecule has 1 aromatic carbocycles. The monoisotopic (exact) mass is 305 g/mol. The highest BCUT2D eigenvalue weighted by molar-refractivity contribution is 7.89. The van der Waals surface area contributed by atoms with Crippen LogP contribution in [0.4, 0.5) is 10.1 Å². The van der Waals surface area contributed by atoms with Crippen LogP contribution in [0.3, 0.4) is 0 Å². The summed E-state index contributed by atoms with van der Waals surface area (Å²) in [5.41, 5.74) is 5.21. The maximum absolute atomic E-state index is 13.5. The van der Waals surface area contributed by atoms with Gasteiger partial charge in [-0.2, -0.15) is 0 Å². The van der Waals surface area contributed by atoms with Crippen molar-refractivity contribution in [1.29, 1.82) is 0 Å². The molecule has 0 aliphatic rings. The minimum atomic E-state index is -4.19. The minimum absolute atomic E-state index is 0.225. The molecule has 0 saturated heterocycles. The number of amides is 1. The summed E-state index contributed by atoms with van der Waals surface area (Å²) in [4.78, 5) is 10.7. The summed E-state index contributed by atoms with van der Waals surface area (Å²) in [5, 5.41) is 2.42. The van der Waals surface area contributed by atoms with Gasteiger partial charge in [0, 0.05) is 13.7 Å². The summed E-state index contributed by atoms with van der Waals surface area (Å²) in [5.74, 6) is -1.53. The van der Waals surface area contributed by atoms with Crippen LogP contribution in [-0.2, 0) is 19.6 Å². The molecule has 20 heavy (non-hydrogen) atoms. The van der Waals surface area contributed by atoms with Crippen LogP contribution in [0.25, 0.3) is 0 Å². The number of nitrogen functional groups attached to an aromatic ring is 1. The molecule has 0 heterocycles. The van der Waals surface area contributed by atoms with Crippen LogP contribution in [0.1, 0.15) is 0 Å².